The highest BCUT2D eigenvalue weighted by molar-refractivity contribution is 4.72. The molecule has 1 aliphatic rings. The highest BCUT2D eigenvalue weighted by Gasteiger charge is 2.13. The van der Waals surface area contributed by atoms with Crippen molar-refractivity contribution in [3.63, 3.8) is 0 Å². The topological polar surface area (TPSA) is 43.0 Å². The molecule has 1 rings (SSSR count). The van der Waals surface area contributed by atoms with Crippen molar-refractivity contribution < 1.29 is 14.2 Å². The number of hydrogen-bond donors (Lipinski definition) is 1. The zero-order valence-electron chi connectivity index (χ0n) is 12.5. The molecule has 0 aromatic heterocycles. The first-order valence-corrected chi connectivity index (χ1v) is 7.43. The van der Waals surface area contributed by atoms with E-state index >= 15 is 0 Å². The van der Waals surface area contributed by atoms with Crippen LogP contribution in [0.15, 0.2) is 0 Å². The average molecular weight is 274 g/mol. The third-order valence-electron chi connectivity index (χ3n) is 3.27. The molecule has 0 radical (unpaired) electrons. The Kier molecular flexibility index (Phi) is 10.3. The number of methoxy groups -OCH3 is 1. The van der Waals surface area contributed by atoms with Crippen molar-refractivity contribution in [2.75, 3.05) is 66.3 Å². The second-order valence-electron chi connectivity index (χ2n) is 5.08. The second kappa shape index (κ2) is 11.6. The molecule has 1 heterocycles. The molecule has 114 valence electrons. The van der Waals surface area contributed by atoms with Crippen molar-refractivity contribution in [1.82, 2.24) is 10.2 Å². The SMILES string of the molecule is COCCOCCOCCNC(C)CN1CCCC1. The zero-order chi connectivity index (χ0) is 13.8. The monoisotopic (exact) mass is 274 g/mol. The fraction of sp³-hybridized carbons (Fsp3) is 1.00. The van der Waals surface area contributed by atoms with Gasteiger partial charge in [0.15, 0.2) is 0 Å². The zero-order valence-corrected chi connectivity index (χ0v) is 12.5. The maximum Gasteiger partial charge on any atom is 0.0701 e. The Morgan fingerprint density at radius 2 is 1.63 bits per heavy atom. The number of nitrogens with zero attached hydrogens (tertiary/aromatic N) is 1. The quantitative estimate of drug-likeness (QED) is 0.532. The minimum absolute atomic E-state index is 0.541. The lowest BCUT2D eigenvalue weighted by Crippen LogP contribution is -2.39. The highest BCUT2D eigenvalue weighted by Crippen LogP contribution is 2.07. The summed E-state index contributed by atoms with van der Waals surface area (Å²) >= 11 is 0. The molecule has 1 fully saturated rings. The van der Waals surface area contributed by atoms with Gasteiger partial charge < -0.3 is 24.4 Å². The van der Waals surface area contributed by atoms with Gasteiger partial charge in [-0.25, -0.2) is 0 Å². The van der Waals surface area contributed by atoms with Gasteiger partial charge in [-0.15, -0.1) is 0 Å². The van der Waals surface area contributed by atoms with E-state index in [9.17, 15) is 0 Å². The normalized spacial score (nSPS) is 18.0. The average Bonchev–Trinajstić information content (AvgIpc) is 2.89. The van der Waals surface area contributed by atoms with Gasteiger partial charge in [0.1, 0.15) is 0 Å². The van der Waals surface area contributed by atoms with E-state index in [1.165, 1.54) is 25.9 Å². The maximum atomic E-state index is 5.49. The van der Waals surface area contributed by atoms with E-state index in [1.54, 1.807) is 7.11 Å². The van der Waals surface area contributed by atoms with Crippen LogP contribution in [-0.2, 0) is 14.2 Å². The van der Waals surface area contributed by atoms with Gasteiger partial charge in [0, 0.05) is 26.2 Å². The molecule has 1 atom stereocenters. The third kappa shape index (κ3) is 9.35. The molecule has 0 aromatic rings. The smallest absolute Gasteiger partial charge is 0.0701 e. The lowest BCUT2D eigenvalue weighted by molar-refractivity contribution is 0.0251. The number of likely N-dealkylation sites (tertiary alicyclic amines) is 1. The fourth-order valence-corrected chi connectivity index (χ4v) is 2.26. The molecule has 0 bridgehead atoms. The van der Waals surface area contributed by atoms with Crippen LogP contribution in [0.5, 0.6) is 0 Å². The van der Waals surface area contributed by atoms with Crippen LogP contribution in [0.1, 0.15) is 19.8 Å². The number of nitrogens with one attached hydrogen (secondary N) is 1. The largest absolute Gasteiger partial charge is 0.382 e. The lowest BCUT2D eigenvalue weighted by Gasteiger charge is -2.21. The van der Waals surface area contributed by atoms with Crippen LogP contribution < -0.4 is 5.32 Å². The van der Waals surface area contributed by atoms with Gasteiger partial charge in [0.25, 0.3) is 0 Å². The molecule has 1 unspecified atom stereocenters. The summed E-state index contributed by atoms with van der Waals surface area (Å²) in [4.78, 5) is 2.53. The van der Waals surface area contributed by atoms with Crippen LogP contribution in [-0.4, -0.2) is 77.3 Å². The van der Waals surface area contributed by atoms with E-state index in [0.717, 1.165) is 19.7 Å². The van der Waals surface area contributed by atoms with Gasteiger partial charge in [-0.3, -0.25) is 0 Å². The van der Waals surface area contributed by atoms with Gasteiger partial charge in [-0.2, -0.15) is 0 Å². The van der Waals surface area contributed by atoms with E-state index in [4.69, 9.17) is 14.2 Å². The first kappa shape index (κ1) is 16.9. The summed E-state index contributed by atoms with van der Waals surface area (Å²) in [6.07, 6.45) is 2.72. The van der Waals surface area contributed by atoms with Gasteiger partial charge in [-0.1, -0.05) is 0 Å². The molecule has 0 saturated carbocycles. The number of ether oxygens (including phenoxy) is 3. The molecule has 0 aromatic carbocycles. The van der Waals surface area contributed by atoms with Crippen molar-refractivity contribution in [3.8, 4) is 0 Å². The van der Waals surface area contributed by atoms with Crippen LogP contribution in [0.4, 0.5) is 0 Å². The van der Waals surface area contributed by atoms with E-state index in [1.807, 2.05) is 0 Å². The summed E-state index contributed by atoms with van der Waals surface area (Å²) in [5.74, 6) is 0. The minimum Gasteiger partial charge on any atom is -0.382 e. The molecule has 0 aliphatic carbocycles. The minimum atomic E-state index is 0.541. The van der Waals surface area contributed by atoms with Crippen LogP contribution in [0.2, 0.25) is 0 Å². The fourth-order valence-electron chi connectivity index (χ4n) is 2.26. The first-order valence-electron chi connectivity index (χ1n) is 7.43. The van der Waals surface area contributed by atoms with E-state index < -0.39 is 0 Å². The molecular weight excluding hydrogens is 244 g/mol. The Bertz CT molecular complexity index is 199. The first-order chi connectivity index (χ1) is 9.33. The number of hydrogen-bond acceptors (Lipinski definition) is 5. The van der Waals surface area contributed by atoms with Crippen molar-refractivity contribution >= 4 is 0 Å². The van der Waals surface area contributed by atoms with Crippen molar-refractivity contribution in [2.24, 2.45) is 0 Å². The standard InChI is InChI=1S/C14H30N2O3/c1-14(13-16-6-3-4-7-16)15-5-8-18-11-12-19-10-9-17-2/h14-15H,3-13H2,1-2H3. The predicted molar refractivity (Wildman–Crippen MR) is 76.7 cm³/mol. The number of rotatable bonds is 12. The molecular formula is C14H30N2O3. The highest BCUT2D eigenvalue weighted by atomic mass is 16.5. The van der Waals surface area contributed by atoms with Gasteiger partial charge >= 0.3 is 0 Å². The van der Waals surface area contributed by atoms with Gasteiger partial charge in [0.05, 0.1) is 33.0 Å². The van der Waals surface area contributed by atoms with Gasteiger partial charge in [-0.05, 0) is 32.9 Å². The summed E-state index contributed by atoms with van der Waals surface area (Å²) in [7, 11) is 1.68. The van der Waals surface area contributed by atoms with Crippen molar-refractivity contribution in [1.29, 1.82) is 0 Å². The van der Waals surface area contributed by atoms with Crippen molar-refractivity contribution in [2.45, 2.75) is 25.8 Å². The summed E-state index contributed by atoms with van der Waals surface area (Å²) in [6, 6.07) is 0.541. The molecule has 0 amide bonds. The summed E-state index contributed by atoms with van der Waals surface area (Å²) in [5.41, 5.74) is 0. The van der Waals surface area contributed by atoms with Gasteiger partial charge in [0.2, 0.25) is 0 Å². The third-order valence-corrected chi connectivity index (χ3v) is 3.27. The Morgan fingerprint density at radius 1 is 1.00 bits per heavy atom. The predicted octanol–water partition coefficient (Wildman–Crippen LogP) is 0.740. The van der Waals surface area contributed by atoms with Crippen LogP contribution >= 0.6 is 0 Å². The lowest BCUT2D eigenvalue weighted by atomic mass is 10.3. The van der Waals surface area contributed by atoms with E-state index in [2.05, 4.69) is 17.1 Å². The summed E-state index contributed by atoms with van der Waals surface area (Å²) < 4.78 is 15.7. The summed E-state index contributed by atoms with van der Waals surface area (Å²) in [6.45, 7) is 10.2. The Morgan fingerprint density at radius 3 is 2.32 bits per heavy atom. The summed E-state index contributed by atoms with van der Waals surface area (Å²) in [5, 5.41) is 3.49. The Hall–Kier alpha value is -0.200. The van der Waals surface area contributed by atoms with E-state index in [-0.39, 0.29) is 0 Å². The maximum absolute atomic E-state index is 5.49. The molecule has 5 nitrogen and oxygen atoms in total. The Balaban J connectivity index is 1.79. The van der Waals surface area contributed by atoms with Crippen LogP contribution in [0, 0.1) is 0 Å². The van der Waals surface area contributed by atoms with E-state index in [0.29, 0.717) is 32.5 Å². The molecule has 1 saturated heterocycles. The molecule has 1 aliphatic heterocycles. The van der Waals surface area contributed by atoms with Crippen LogP contribution in [0.3, 0.4) is 0 Å². The Labute approximate surface area is 117 Å². The molecule has 19 heavy (non-hydrogen) atoms. The molecule has 1 N–H and O–H groups in total. The molecule has 5 heteroatoms. The van der Waals surface area contributed by atoms with Crippen molar-refractivity contribution in [3.05, 3.63) is 0 Å². The van der Waals surface area contributed by atoms with Crippen LogP contribution in [0.25, 0.3) is 0 Å². The molecule has 0 spiro atoms. The second-order valence-corrected chi connectivity index (χ2v) is 5.08.